The molecule has 0 aliphatic heterocycles. The predicted molar refractivity (Wildman–Crippen MR) is 74.3 cm³/mol. The molecule has 16 heavy (non-hydrogen) atoms. The Hall–Kier alpha value is -0.230. The van der Waals surface area contributed by atoms with Gasteiger partial charge in [-0.25, -0.2) is 4.98 Å². The molecular formula is C11H13BrN2S2. The minimum absolute atomic E-state index is 0.149. The van der Waals surface area contributed by atoms with Gasteiger partial charge in [-0.05, 0) is 40.7 Å². The number of aromatic nitrogens is 1. The van der Waals surface area contributed by atoms with Crippen LogP contribution >= 0.6 is 38.6 Å². The van der Waals surface area contributed by atoms with Gasteiger partial charge in [-0.1, -0.05) is 0 Å². The summed E-state index contributed by atoms with van der Waals surface area (Å²) >= 11 is 6.96. The van der Waals surface area contributed by atoms with Crippen LogP contribution in [0, 0.1) is 6.92 Å². The van der Waals surface area contributed by atoms with Gasteiger partial charge in [0.15, 0.2) is 0 Å². The van der Waals surface area contributed by atoms with Crippen molar-refractivity contribution in [1.29, 1.82) is 0 Å². The highest BCUT2D eigenvalue weighted by Crippen LogP contribution is 2.24. The molecule has 86 valence electrons. The minimum atomic E-state index is 0.149. The molecule has 0 saturated heterocycles. The van der Waals surface area contributed by atoms with E-state index in [0.717, 1.165) is 23.5 Å². The highest BCUT2D eigenvalue weighted by Gasteiger charge is 2.10. The Balaban J connectivity index is 1.94. The zero-order valence-electron chi connectivity index (χ0n) is 8.94. The molecule has 2 heterocycles. The molecule has 1 atom stereocenters. The summed E-state index contributed by atoms with van der Waals surface area (Å²) in [5, 5.41) is 5.29. The molecule has 2 rings (SSSR count). The first kappa shape index (κ1) is 12.2. The molecule has 0 aliphatic rings. The van der Waals surface area contributed by atoms with Crippen LogP contribution < -0.4 is 5.73 Å². The van der Waals surface area contributed by atoms with Crippen molar-refractivity contribution in [1.82, 2.24) is 4.98 Å². The fraction of sp³-hybridized carbons (Fsp3) is 0.364. The van der Waals surface area contributed by atoms with Crippen LogP contribution in [0.3, 0.4) is 0 Å². The molecular weight excluding hydrogens is 304 g/mol. The van der Waals surface area contributed by atoms with Crippen molar-refractivity contribution in [3.63, 3.8) is 0 Å². The first-order chi connectivity index (χ1) is 7.65. The number of thiazole rings is 1. The van der Waals surface area contributed by atoms with Crippen LogP contribution in [-0.4, -0.2) is 11.0 Å². The van der Waals surface area contributed by atoms with Gasteiger partial charge in [-0.3, -0.25) is 0 Å². The SMILES string of the molecule is Cc1nc(CC(N)Cc2sccc2Br)cs1. The highest BCUT2D eigenvalue weighted by molar-refractivity contribution is 9.10. The van der Waals surface area contributed by atoms with Gasteiger partial charge in [0.25, 0.3) is 0 Å². The number of hydrogen-bond donors (Lipinski definition) is 1. The van der Waals surface area contributed by atoms with E-state index in [9.17, 15) is 0 Å². The third-order valence-electron chi connectivity index (χ3n) is 2.28. The van der Waals surface area contributed by atoms with Crippen LogP contribution in [0.15, 0.2) is 21.3 Å². The summed E-state index contributed by atoms with van der Waals surface area (Å²) < 4.78 is 1.17. The van der Waals surface area contributed by atoms with Crippen LogP contribution in [0.1, 0.15) is 15.6 Å². The molecule has 0 amide bonds. The number of rotatable bonds is 4. The molecule has 0 fully saturated rings. The smallest absolute Gasteiger partial charge is 0.0897 e. The third kappa shape index (κ3) is 3.13. The summed E-state index contributed by atoms with van der Waals surface area (Å²) in [5.41, 5.74) is 7.24. The quantitative estimate of drug-likeness (QED) is 0.939. The second-order valence-electron chi connectivity index (χ2n) is 3.72. The number of hydrogen-bond acceptors (Lipinski definition) is 4. The largest absolute Gasteiger partial charge is 0.327 e. The van der Waals surface area contributed by atoms with Crippen LogP contribution in [0.5, 0.6) is 0 Å². The number of aryl methyl sites for hydroxylation is 1. The number of thiophene rings is 1. The summed E-state index contributed by atoms with van der Waals surface area (Å²) in [6, 6.07) is 2.22. The lowest BCUT2D eigenvalue weighted by atomic mass is 10.1. The maximum atomic E-state index is 6.13. The normalized spacial score (nSPS) is 12.9. The molecule has 5 heteroatoms. The fourth-order valence-electron chi connectivity index (χ4n) is 1.55. The molecule has 2 aromatic heterocycles. The van der Waals surface area contributed by atoms with E-state index in [2.05, 4.69) is 37.7 Å². The van der Waals surface area contributed by atoms with E-state index in [4.69, 9.17) is 5.73 Å². The van der Waals surface area contributed by atoms with Crippen molar-refractivity contribution in [2.24, 2.45) is 5.73 Å². The van der Waals surface area contributed by atoms with E-state index < -0.39 is 0 Å². The maximum absolute atomic E-state index is 6.13. The van der Waals surface area contributed by atoms with Crippen molar-refractivity contribution < 1.29 is 0 Å². The standard InChI is InChI=1S/C11H13BrN2S2/c1-7-14-9(6-16-7)4-8(13)5-11-10(12)2-3-15-11/h2-3,6,8H,4-5,13H2,1H3. The zero-order chi connectivity index (χ0) is 11.5. The lowest BCUT2D eigenvalue weighted by Crippen LogP contribution is -2.25. The van der Waals surface area contributed by atoms with Gasteiger partial charge < -0.3 is 5.73 Å². The average Bonchev–Trinajstić information content (AvgIpc) is 2.77. The monoisotopic (exact) mass is 316 g/mol. The Morgan fingerprint density at radius 2 is 2.25 bits per heavy atom. The molecule has 0 spiro atoms. The third-order valence-corrected chi connectivity index (χ3v) is 5.05. The molecule has 0 bridgehead atoms. The lowest BCUT2D eigenvalue weighted by Gasteiger charge is -2.08. The maximum Gasteiger partial charge on any atom is 0.0897 e. The fourth-order valence-corrected chi connectivity index (χ4v) is 3.79. The van der Waals surface area contributed by atoms with Crippen molar-refractivity contribution in [2.45, 2.75) is 25.8 Å². The van der Waals surface area contributed by atoms with Crippen LogP contribution in [0.25, 0.3) is 0 Å². The van der Waals surface area contributed by atoms with Crippen molar-refractivity contribution in [3.05, 3.63) is 36.9 Å². The van der Waals surface area contributed by atoms with E-state index in [1.54, 1.807) is 22.7 Å². The Labute approximate surface area is 112 Å². The summed E-state index contributed by atoms with van der Waals surface area (Å²) in [5.74, 6) is 0. The van der Waals surface area contributed by atoms with Crippen LogP contribution in [0.2, 0.25) is 0 Å². The van der Waals surface area contributed by atoms with Gasteiger partial charge in [0.2, 0.25) is 0 Å². The lowest BCUT2D eigenvalue weighted by molar-refractivity contribution is 0.660. The zero-order valence-corrected chi connectivity index (χ0v) is 12.2. The summed E-state index contributed by atoms with van der Waals surface area (Å²) in [7, 11) is 0. The van der Waals surface area contributed by atoms with E-state index in [1.165, 1.54) is 9.35 Å². The van der Waals surface area contributed by atoms with Crippen LogP contribution in [-0.2, 0) is 12.8 Å². The Kier molecular flexibility index (Phi) is 4.13. The molecule has 2 N–H and O–H groups in total. The van der Waals surface area contributed by atoms with E-state index in [1.807, 2.05) is 6.92 Å². The van der Waals surface area contributed by atoms with E-state index in [-0.39, 0.29) is 6.04 Å². The van der Waals surface area contributed by atoms with E-state index >= 15 is 0 Å². The molecule has 0 aliphatic carbocycles. The number of nitrogens with two attached hydrogens (primary N) is 1. The summed E-state index contributed by atoms with van der Waals surface area (Å²) in [6.45, 7) is 2.02. The summed E-state index contributed by atoms with van der Waals surface area (Å²) in [4.78, 5) is 5.75. The second kappa shape index (κ2) is 5.40. The molecule has 0 aromatic carbocycles. The summed E-state index contributed by atoms with van der Waals surface area (Å²) in [6.07, 6.45) is 1.77. The first-order valence-electron chi connectivity index (χ1n) is 5.03. The van der Waals surface area contributed by atoms with Crippen molar-refractivity contribution in [3.8, 4) is 0 Å². The Bertz CT molecular complexity index is 464. The van der Waals surface area contributed by atoms with Gasteiger partial charge in [0.1, 0.15) is 0 Å². The minimum Gasteiger partial charge on any atom is -0.327 e. The van der Waals surface area contributed by atoms with E-state index in [0.29, 0.717) is 0 Å². The van der Waals surface area contributed by atoms with Crippen molar-refractivity contribution >= 4 is 38.6 Å². The van der Waals surface area contributed by atoms with Gasteiger partial charge in [0.05, 0.1) is 10.7 Å². The Morgan fingerprint density at radius 3 is 2.81 bits per heavy atom. The van der Waals surface area contributed by atoms with Crippen LogP contribution in [0.4, 0.5) is 0 Å². The average molecular weight is 317 g/mol. The van der Waals surface area contributed by atoms with Gasteiger partial charge in [-0.2, -0.15) is 0 Å². The molecule has 2 aromatic rings. The number of halogens is 1. The molecule has 2 nitrogen and oxygen atoms in total. The second-order valence-corrected chi connectivity index (χ2v) is 6.64. The first-order valence-corrected chi connectivity index (χ1v) is 7.59. The van der Waals surface area contributed by atoms with Gasteiger partial charge in [0, 0.05) is 27.2 Å². The molecule has 0 radical (unpaired) electrons. The topological polar surface area (TPSA) is 38.9 Å². The molecule has 1 unspecified atom stereocenters. The number of nitrogens with zero attached hydrogens (tertiary/aromatic N) is 1. The highest BCUT2D eigenvalue weighted by atomic mass is 79.9. The van der Waals surface area contributed by atoms with Gasteiger partial charge >= 0.3 is 0 Å². The van der Waals surface area contributed by atoms with Gasteiger partial charge in [-0.15, -0.1) is 22.7 Å². The van der Waals surface area contributed by atoms with Crippen molar-refractivity contribution in [2.75, 3.05) is 0 Å². The Morgan fingerprint density at radius 1 is 1.44 bits per heavy atom. The molecule has 0 saturated carbocycles. The predicted octanol–water partition coefficient (Wildman–Crippen LogP) is 3.39.